The molecule has 6 heteroatoms. The summed E-state index contributed by atoms with van der Waals surface area (Å²) >= 11 is 1.62. The van der Waals surface area contributed by atoms with Gasteiger partial charge in [0.15, 0.2) is 0 Å². The van der Waals surface area contributed by atoms with Gasteiger partial charge in [0.05, 0.1) is 13.1 Å². The number of thiophene rings is 1. The van der Waals surface area contributed by atoms with Crippen LogP contribution in [-0.4, -0.2) is 34.7 Å². The van der Waals surface area contributed by atoms with Gasteiger partial charge in [0.2, 0.25) is 11.8 Å². The highest BCUT2D eigenvalue weighted by Gasteiger charge is 2.24. The van der Waals surface area contributed by atoms with E-state index in [0.717, 1.165) is 28.8 Å². The van der Waals surface area contributed by atoms with Gasteiger partial charge in [0.1, 0.15) is 5.82 Å². The first-order valence-corrected chi connectivity index (χ1v) is 12.7. The van der Waals surface area contributed by atoms with E-state index in [1.807, 2.05) is 25.3 Å². The van der Waals surface area contributed by atoms with Crippen molar-refractivity contribution in [2.45, 2.75) is 73.9 Å². The van der Waals surface area contributed by atoms with Crippen LogP contribution in [0.15, 0.2) is 35.7 Å². The highest BCUT2D eigenvalue weighted by atomic mass is 32.1. The van der Waals surface area contributed by atoms with Crippen molar-refractivity contribution >= 4 is 23.2 Å². The molecule has 1 aromatic heterocycles. The van der Waals surface area contributed by atoms with Crippen LogP contribution in [0.3, 0.4) is 0 Å². The molecule has 0 aliphatic carbocycles. The SMILES string of the molecule is CCCN(CC(=O)N(Cc1ccc(F)cc1)Cc1sccc1C)C(=O)CC(C)CC(C)(C)C. The zero-order valence-electron chi connectivity index (χ0n) is 21.0. The summed E-state index contributed by atoms with van der Waals surface area (Å²) in [5.74, 6) is -0.0840. The van der Waals surface area contributed by atoms with Crippen LogP contribution in [0.2, 0.25) is 0 Å². The molecule has 4 nitrogen and oxygen atoms in total. The first-order valence-electron chi connectivity index (χ1n) is 11.8. The summed E-state index contributed by atoms with van der Waals surface area (Å²) in [6.07, 6.45) is 2.21. The number of carbonyl (C=O) groups excluding carboxylic acids is 2. The third kappa shape index (κ3) is 9.28. The minimum atomic E-state index is -0.296. The molecule has 0 spiro atoms. The molecule has 0 aliphatic heterocycles. The Balaban J connectivity index is 2.14. The van der Waals surface area contributed by atoms with E-state index < -0.39 is 0 Å². The van der Waals surface area contributed by atoms with Crippen LogP contribution in [0.1, 0.15) is 69.9 Å². The monoisotopic (exact) mass is 474 g/mol. The molecule has 0 radical (unpaired) electrons. The van der Waals surface area contributed by atoms with Crippen molar-refractivity contribution in [2.75, 3.05) is 13.1 Å². The summed E-state index contributed by atoms with van der Waals surface area (Å²) in [5, 5.41) is 2.02. The second-order valence-corrected chi connectivity index (χ2v) is 11.3. The number of hydrogen-bond acceptors (Lipinski definition) is 3. The van der Waals surface area contributed by atoms with E-state index in [4.69, 9.17) is 0 Å². The van der Waals surface area contributed by atoms with Crippen LogP contribution in [-0.2, 0) is 22.7 Å². The largest absolute Gasteiger partial charge is 0.333 e. The molecule has 1 aromatic carbocycles. The Morgan fingerprint density at radius 1 is 1.03 bits per heavy atom. The van der Waals surface area contributed by atoms with Crippen molar-refractivity contribution in [3.05, 3.63) is 57.5 Å². The van der Waals surface area contributed by atoms with E-state index in [-0.39, 0.29) is 35.5 Å². The summed E-state index contributed by atoms with van der Waals surface area (Å²) in [4.78, 5) is 31.1. The maximum atomic E-state index is 13.4. The lowest BCUT2D eigenvalue weighted by Gasteiger charge is -2.29. The van der Waals surface area contributed by atoms with Crippen LogP contribution in [0.5, 0.6) is 0 Å². The van der Waals surface area contributed by atoms with Crippen LogP contribution in [0, 0.1) is 24.1 Å². The number of aryl methyl sites for hydroxylation is 1. The number of hydrogen-bond donors (Lipinski definition) is 0. The second kappa shape index (κ2) is 12.3. The van der Waals surface area contributed by atoms with E-state index in [9.17, 15) is 14.0 Å². The lowest BCUT2D eigenvalue weighted by Crippen LogP contribution is -2.43. The molecule has 1 heterocycles. The van der Waals surface area contributed by atoms with E-state index >= 15 is 0 Å². The van der Waals surface area contributed by atoms with Gasteiger partial charge in [0, 0.05) is 24.4 Å². The molecule has 2 aromatic rings. The molecule has 1 atom stereocenters. The van der Waals surface area contributed by atoms with Gasteiger partial charge in [-0.3, -0.25) is 9.59 Å². The lowest BCUT2D eigenvalue weighted by atomic mass is 9.84. The molecular weight excluding hydrogens is 435 g/mol. The van der Waals surface area contributed by atoms with Crippen molar-refractivity contribution < 1.29 is 14.0 Å². The summed E-state index contributed by atoms with van der Waals surface area (Å²) in [5.41, 5.74) is 2.18. The Hall–Kier alpha value is -2.21. The van der Waals surface area contributed by atoms with Gasteiger partial charge in [-0.25, -0.2) is 4.39 Å². The number of rotatable bonds is 11. The van der Waals surface area contributed by atoms with Gasteiger partial charge >= 0.3 is 0 Å². The van der Waals surface area contributed by atoms with Gasteiger partial charge in [-0.05, 0) is 65.8 Å². The van der Waals surface area contributed by atoms with Crippen LogP contribution >= 0.6 is 11.3 Å². The summed E-state index contributed by atoms with van der Waals surface area (Å²) in [6, 6.07) is 8.29. The van der Waals surface area contributed by atoms with Crippen molar-refractivity contribution in [2.24, 2.45) is 11.3 Å². The number of amides is 2. The average Bonchev–Trinajstić information content (AvgIpc) is 3.11. The molecule has 0 aliphatic rings. The first kappa shape index (κ1) is 27.0. The highest BCUT2D eigenvalue weighted by molar-refractivity contribution is 7.10. The molecule has 2 rings (SSSR count). The predicted octanol–water partition coefficient (Wildman–Crippen LogP) is 6.43. The predicted molar refractivity (Wildman–Crippen MR) is 134 cm³/mol. The van der Waals surface area contributed by atoms with Gasteiger partial charge in [0.25, 0.3) is 0 Å². The van der Waals surface area contributed by atoms with Gasteiger partial charge in [-0.1, -0.05) is 46.8 Å². The molecule has 2 amide bonds. The third-order valence-corrected chi connectivity index (χ3v) is 6.61. The minimum absolute atomic E-state index is 0.0380. The molecular formula is C27H39FN2O2S. The summed E-state index contributed by atoms with van der Waals surface area (Å²) < 4.78 is 13.4. The number of halogens is 1. The third-order valence-electron chi connectivity index (χ3n) is 5.60. The summed E-state index contributed by atoms with van der Waals surface area (Å²) in [7, 11) is 0. The fourth-order valence-corrected chi connectivity index (χ4v) is 5.07. The molecule has 1 unspecified atom stereocenters. The van der Waals surface area contributed by atoms with E-state index in [1.54, 1.807) is 33.3 Å². The molecule has 33 heavy (non-hydrogen) atoms. The Kier molecular flexibility index (Phi) is 10.1. The van der Waals surface area contributed by atoms with Crippen molar-refractivity contribution in [1.29, 1.82) is 0 Å². The second-order valence-electron chi connectivity index (χ2n) is 10.3. The highest BCUT2D eigenvalue weighted by Crippen LogP contribution is 2.26. The minimum Gasteiger partial charge on any atom is -0.333 e. The average molecular weight is 475 g/mol. The fraction of sp³-hybridized carbons (Fsp3) is 0.556. The number of nitrogens with zero attached hydrogens (tertiary/aromatic N) is 2. The lowest BCUT2D eigenvalue weighted by molar-refractivity contribution is -0.141. The molecule has 0 bridgehead atoms. The fourth-order valence-electron chi connectivity index (χ4n) is 4.15. The maximum Gasteiger partial charge on any atom is 0.242 e. The van der Waals surface area contributed by atoms with E-state index in [2.05, 4.69) is 27.7 Å². The van der Waals surface area contributed by atoms with Crippen LogP contribution < -0.4 is 0 Å². The number of carbonyl (C=O) groups is 2. The van der Waals surface area contributed by atoms with Crippen LogP contribution in [0.4, 0.5) is 4.39 Å². The Bertz CT molecular complexity index is 902. The quantitative estimate of drug-likeness (QED) is 0.377. The Labute approximate surface area is 202 Å². The van der Waals surface area contributed by atoms with E-state index in [0.29, 0.717) is 26.1 Å². The molecule has 0 fully saturated rings. The molecule has 0 N–H and O–H groups in total. The van der Waals surface area contributed by atoms with Gasteiger partial charge < -0.3 is 9.80 Å². The zero-order chi connectivity index (χ0) is 24.6. The molecule has 0 saturated heterocycles. The molecule has 0 saturated carbocycles. The Morgan fingerprint density at radius 2 is 1.70 bits per heavy atom. The normalized spacial score (nSPS) is 12.5. The van der Waals surface area contributed by atoms with Crippen LogP contribution in [0.25, 0.3) is 0 Å². The maximum absolute atomic E-state index is 13.4. The number of benzene rings is 1. The summed E-state index contributed by atoms with van der Waals surface area (Å²) in [6.45, 7) is 14.2. The van der Waals surface area contributed by atoms with Crippen molar-refractivity contribution in [3.8, 4) is 0 Å². The first-order chi connectivity index (χ1) is 15.5. The van der Waals surface area contributed by atoms with Gasteiger partial charge in [-0.15, -0.1) is 11.3 Å². The van der Waals surface area contributed by atoms with E-state index in [1.165, 1.54) is 12.1 Å². The van der Waals surface area contributed by atoms with Crippen molar-refractivity contribution in [3.63, 3.8) is 0 Å². The van der Waals surface area contributed by atoms with Crippen molar-refractivity contribution in [1.82, 2.24) is 9.80 Å². The molecule has 182 valence electrons. The topological polar surface area (TPSA) is 40.6 Å². The van der Waals surface area contributed by atoms with Gasteiger partial charge in [-0.2, -0.15) is 0 Å². The standard InChI is InChI=1S/C27H39FN2O2S/c1-7-13-29(25(31)15-20(2)16-27(4,5)6)19-26(32)30(18-24-21(3)12-14-33-24)17-22-8-10-23(28)11-9-22/h8-12,14,20H,7,13,15-19H2,1-6H3. The Morgan fingerprint density at radius 3 is 2.24 bits per heavy atom. The zero-order valence-corrected chi connectivity index (χ0v) is 21.8. The smallest absolute Gasteiger partial charge is 0.242 e.